The quantitative estimate of drug-likeness (QED) is 0.340. The second-order valence-electron chi connectivity index (χ2n) is 8.66. The number of hydrogen-bond acceptors (Lipinski definition) is 2. The molecule has 0 bridgehead atoms. The zero-order chi connectivity index (χ0) is 24.3. The Morgan fingerprint density at radius 2 is 1.50 bits per heavy atom. The van der Waals surface area contributed by atoms with Crippen molar-refractivity contribution in [1.29, 1.82) is 0 Å². The van der Waals surface area contributed by atoms with Gasteiger partial charge in [0.1, 0.15) is 6.04 Å². The van der Waals surface area contributed by atoms with E-state index in [0.29, 0.717) is 25.8 Å². The molecular weight excluding hydrogens is 488 g/mol. The van der Waals surface area contributed by atoms with Gasteiger partial charge in [0.05, 0.1) is 0 Å². The molecule has 0 heterocycles. The van der Waals surface area contributed by atoms with Crippen LogP contribution >= 0.6 is 15.9 Å². The normalized spacial score (nSPS) is 12.6. The number of nitrogens with one attached hydrogen (secondary N) is 1. The average molecular weight is 521 g/mol. The Morgan fingerprint density at radius 3 is 2.12 bits per heavy atom. The summed E-state index contributed by atoms with van der Waals surface area (Å²) in [5, 5.41) is 3.11. The van der Waals surface area contributed by atoms with E-state index in [-0.39, 0.29) is 17.9 Å². The first-order chi connectivity index (χ1) is 16.5. The van der Waals surface area contributed by atoms with Crippen molar-refractivity contribution in [3.63, 3.8) is 0 Å². The highest BCUT2D eigenvalue weighted by Crippen LogP contribution is 2.19. The molecule has 1 N–H and O–H groups in total. The van der Waals surface area contributed by atoms with Gasteiger partial charge in [-0.05, 0) is 48.6 Å². The smallest absolute Gasteiger partial charge is 0.243 e. The SMILES string of the molecule is CC[C@H](C)NC(=O)[C@@H](Cc1ccccc1)N(Cc1cccc(Br)c1)C(=O)CCc1ccccc1. The Labute approximate surface area is 211 Å². The van der Waals surface area contributed by atoms with E-state index >= 15 is 0 Å². The Balaban J connectivity index is 1.91. The highest BCUT2D eigenvalue weighted by molar-refractivity contribution is 9.10. The lowest BCUT2D eigenvalue weighted by molar-refractivity contribution is -0.141. The van der Waals surface area contributed by atoms with Crippen LogP contribution in [0.2, 0.25) is 0 Å². The zero-order valence-electron chi connectivity index (χ0n) is 19.9. The largest absolute Gasteiger partial charge is 0.352 e. The summed E-state index contributed by atoms with van der Waals surface area (Å²) in [6.07, 6.45) is 2.28. The fourth-order valence-electron chi connectivity index (χ4n) is 3.87. The maximum Gasteiger partial charge on any atom is 0.243 e. The lowest BCUT2D eigenvalue weighted by Gasteiger charge is -2.32. The molecule has 34 heavy (non-hydrogen) atoms. The van der Waals surface area contributed by atoms with Crippen molar-refractivity contribution < 1.29 is 9.59 Å². The molecule has 2 atom stereocenters. The summed E-state index contributed by atoms with van der Waals surface area (Å²) in [6.45, 7) is 4.41. The third kappa shape index (κ3) is 7.84. The third-order valence-electron chi connectivity index (χ3n) is 5.98. The summed E-state index contributed by atoms with van der Waals surface area (Å²) >= 11 is 3.53. The van der Waals surface area contributed by atoms with Crippen LogP contribution in [-0.2, 0) is 29.0 Å². The molecule has 0 aliphatic carbocycles. The second-order valence-corrected chi connectivity index (χ2v) is 9.58. The maximum absolute atomic E-state index is 13.6. The van der Waals surface area contributed by atoms with Gasteiger partial charge in [0.2, 0.25) is 11.8 Å². The van der Waals surface area contributed by atoms with Crippen LogP contribution in [0.1, 0.15) is 43.4 Å². The number of benzene rings is 3. The molecule has 0 aromatic heterocycles. The fraction of sp³-hybridized carbons (Fsp3) is 0.310. The molecule has 2 amide bonds. The Kier molecular flexibility index (Phi) is 9.89. The molecule has 4 nitrogen and oxygen atoms in total. The predicted molar refractivity (Wildman–Crippen MR) is 141 cm³/mol. The predicted octanol–water partition coefficient (Wildman–Crippen LogP) is 5.94. The van der Waals surface area contributed by atoms with Gasteiger partial charge in [0.25, 0.3) is 0 Å². The molecule has 0 aliphatic heterocycles. The monoisotopic (exact) mass is 520 g/mol. The van der Waals surface area contributed by atoms with Crippen molar-refractivity contribution in [1.82, 2.24) is 10.2 Å². The van der Waals surface area contributed by atoms with Gasteiger partial charge in [-0.1, -0.05) is 95.7 Å². The van der Waals surface area contributed by atoms with Gasteiger partial charge in [-0.25, -0.2) is 0 Å². The van der Waals surface area contributed by atoms with Gasteiger partial charge in [0.15, 0.2) is 0 Å². The molecule has 0 saturated heterocycles. The second kappa shape index (κ2) is 13.1. The standard InChI is InChI=1S/C29H33BrN2O2/c1-3-22(2)31-29(34)27(20-24-13-8-5-9-14-24)32(21-25-15-10-16-26(30)19-25)28(33)18-17-23-11-6-4-7-12-23/h4-16,19,22,27H,3,17-18,20-21H2,1-2H3,(H,31,34)/t22-,27+/m0/s1. The number of nitrogens with zero attached hydrogens (tertiary/aromatic N) is 1. The molecular formula is C29H33BrN2O2. The first-order valence-corrected chi connectivity index (χ1v) is 12.7. The number of halogens is 1. The first kappa shape index (κ1) is 25.7. The molecule has 178 valence electrons. The zero-order valence-corrected chi connectivity index (χ0v) is 21.5. The molecule has 0 radical (unpaired) electrons. The maximum atomic E-state index is 13.6. The van der Waals surface area contributed by atoms with E-state index in [9.17, 15) is 9.59 Å². The number of amides is 2. The topological polar surface area (TPSA) is 49.4 Å². The van der Waals surface area contributed by atoms with Crippen LogP contribution in [0.3, 0.4) is 0 Å². The molecule has 3 aromatic carbocycles. The van der Waals surface area contributed by atoms with Crippen LogP contribution in [-0.4, -0.2) is 28.8 Å². The minimum atomic E-state index is -0.598. The minimum Gasteiger partial charge on any atom is -0.352 e. The molecule has 0 aliphatic rings. The summed E-state index contributed by atoms with van der Waals surface area (Å²) in [4.78, 5) is 28.9. The van der Waals surface area contributed by atoms with Gasteiger partial charge < -0.3 is 10.2 Å². The van der Waals surface area contributed by atoms with Crippen molar-refractivity contribution in [2.75, 3.05) is 0 Å². The molecule has 0 fully saturated rings. The summed E-state index contributed by atoms with van der Waals surface area (Å²) in [5.74, 6) is -0.134. The highest BCUT2D eigenvalue weighted by atomic mass is 79.9. The van der Waals surface area contributed by atoms with Crippen molar-refractivity contribution in [2.45, 2.75) is 58.2 Å². The van der Waals surface area contributed by atoms with Gasteiger partial charge in [-0.15, -0.1) is 0 Å². The van der Waals surface area contributed by atoms with Gasteiger partial charge in [-0.3, -0.25) is 9.59 Å². The van der Waals surface area contributed by atoms with Crippen LogP contribution < -0.4 is 5.32 Å². The number of rotatable bonds is 11. The van der Waals surface area contributed by atoms with Crippen LogP contribution in [0.15, 0.2) is 89.4 Å². The number of carbonyl (C=O) groups excluding carboxylic acids is 2. The van der Waals surface area contributed by atoms with Crippen LogP contribution in [0.4, 0.5) is 0 Å². The molecule has 3 aromatic rings. The van der Waals surface area contributed by atoms with E-state index in [2.05, 4.69) is 21.2 Å². The van der Waals surface area contributed by atoms with Gasteiger partial charge >= 0.3 is 0 Å². The molecule has 0 unspecified atom stereocenters. The number of hydrogen-bond donors (Lipinski definition) is 1. The van der Waals surface area contributed by atoms with E-state index in [1.807, 2.05) is 98.8 Å². The van der Waals surface area contributed by atoms with Crippen molar-refractivity contribution >= 4 is 27.7 Å². The van der Waals surface area contributed by atoms with E-state index in [1.165, 1.54) is 0 Å². The Bertz CT molecular complexity index is 1060. The summed E-state index contributed by atoms with van der Waals surface area (Å²) < 4.78 is 0.949. The van der Waals surface area contributed by atoms with Crippen molar-refractivity contribution in [3.05, 3.63) is 106 Å². The van der Waals surface area contributed by atoms with Crippen LogP contribution in [0.25, 0.3) is 0 Å². The lowest BCUT2D eigenvalue weighted by Crippen LogP contribution is -2.52. The van der Waals surface area contributed by atoms with Crippen molar-refractivity contribution in [3.8, 4) is 0 Å². The first-order valence-electron chi connectivity index (χ1n) is 11.9. The third-order valence-corrected chi connectivity index (χ3v) is 6.48. The van der Waals surface area contributed by atoms with E-state index < -0.39 is 6.04 Å². The molecule has 3 rings (SSSR count). The summed E-state index contributed by atoms with van der Waals surface area (Å²) in [5.41, 5.74) is 3.13. The Morgan fingerprint density at radius 1 is 0.882 bits per heavy atom. The fourth-order valence-corrected chi connectivity index (χ4v) is 4.31. The molecule has 0 saturated carbocycles. The van der Waals surface area contributed by atoms with E-state index in [1.54, 1.807) is 4.90 Å². The van der Waals surface area contributed by atoms with Crippen LogP contribution in [0, 0.1) is 0 Å². The highest BCUT2D eigenvalue weighted by Gasteiger charge is 2.30. The summed E-state index contributed by atoms with van der Waals surface area (Å²) in [6, 6.07) is 27.3. The molecule has 5 heteroatoms. The van der Waals surface area contributed by atoms with Crippen molar-refractivity contribution in [2.24, 2.45) is 0 Å². The van der Waals surface area contributed by atoms with E-state index in [4.69, 9.17) is 0 Å². The Hall–Kier alpha value is -2.92. The average Bonchev–Trinajstić information content (AvgIpc) is 2.85. The lowest BCUT2D eigenvalue weighted by atomic mass is 10.0. The van der Waals surface area contributed by atoms with Crippen LogP contribution in [0.5, 0.6) is 0 Å². The number of aryl methyl sites for hydroxylation is 1. The molecule has 0 spiro atoms. The number of carbonyl (C=O) groups is 2. The van der Waals surface area contributed by atoms with Gasteiger partial charge in [-0.2, -0.15) is 0 Å². The minimum absolute atomic E-state index is 0.0240. The summed E-state index contributed by atoms with van der Waals surface area (Å²) in [7, 11) is 0. The van der Waals surface area contributed by atoms with E-state index in [0.717, 1.165) is 27.6 Å². The van der Waals surface area contributed by atoms with Gasteiger partial charge in [0, 0.05) is 29.9 Å².